The highest BCUT2D eigenvalue weighted by Gasteiger charge is 2.36. The first-order valence-electron chi connectivity index (χ1n) is 11.7. The smallest absolute Gasteiger partial charge is 0.416 e. The molecule has 0 saturated carbocycles. The number of ether oxygens (including phenoxy) is 2. The van der Waals surface area contributed by atoms with Crippen LogP contribution in [0, 0.1) is 0 Å². The van der Waals surface area contributed by atoms with Gasteiger partial charge in [0, 0.05) is 24.3 Å². The molecule has 7 nitrogen and oxygen atoms in total. The molecule has 2 heterocycles. The lowest BCUT2D eigenvalue weighted by Gasteiger charge is -2.33. The summed E-state index contributed by atoms with van der Waals surface area (Å²) in [6.07, 6.45) is 3.25. The predicted octanol–water partition coefficient (Wildman–Crippen LogP) is 6.10. The SMILES string of the molecule is CCC(C)N(C(=O)OC(C)(C)C)c1ncccc1C1CCCN1C(=O)OCc1ccccc1. The van der Waals surface area contributed by atoms with Gasteiger partial charge in [-0.05, 0) is 58.6 Å². The highest BCUT2D eigenvalue weighted by molar-refractivity contribution is 5.88. The molecule has 1 aromatic carbocycles. The van der Waals surface area contributed by atoms with Gasteiger partial charge in [-0.3, -0.25) is 4.90 Å². The number of nitrogens with zero attached hydrogens (tertiary/aromatic N) is 3. The van der Waals surface area contributed by atoms with E-state index in [0.717, 1.165) is 30.4 Å². The van der Waals surface area contributed by atoms with Gasteiger partial charge in [0.15, 0.2) is 0 Å². The van der Waals surface area contributed by atoms with E-state index in [1.54, 1.807) is 16.0 Å². The highest BCUT2D eigenvalue weighted by atomic mass is 16.6. The number of benzene rings is 1. The van der Waals surface area contributed by atoms with Crippen LogP contribution >= 0.6 is 0 Å². The number of amides is 2. The zero-order valence-corrected chi connectivity index (χ0v) is 20.3. The van der Waals surface area contributed by atoms with Crippen molar-refractivity contribution in [3.05, 3.63) is 59.8 Å². The third-order valence-electron chi connectivity index (χ3n) is 5.72. The fraction of sp³-hybridized carbons (Fsp3) is 0.500. The second-order valence-electron chi connectivity index (χ2n) is 9.42. The summed E-state index contributed by atoms with van der Waals surface area (Å²) in [5.41, 5.74) is 1.15. The van der Waals surface area contributed by atoms with Crippen LogP contribution < -0.4 is 4.90 Å². The Labute approximate surface area is 196 Å². The summed E-state index contributed by atoms with van der Waals surface area (Å²) < 4.78 is 11.3. The summed E-state index contributed by atoms with van der Waals surface area (Å²) in [5, 5.41) is 0. The number of likely N-dealkylation sites (tertiary alicyclic amines) is 1. The van der Waals surface area contributed by atoms with Gasteiger partial charge in [-0.1, -0.05) is 43.3 Å². The Morgan fingerprint density at radius 2 is 1.91 bits per heavy atom. The van der Waals surface area contributed by atoms with Gasteiger partial charge in [0.1, 0.15) is 18.0 Å². The molecule has 178 valence electrons. The minimum Gasteiger partial charge on any atom is -0.445 e. The van der Waals surface area contributed by atoms with Crippen LogP contribution in [0.4, 0.5) is 15.4 Å². The minimum atomic E-state index is -0.627. The van der Waals surface area contributed by atoms with Gasteiger partial charge >= 0.3 is 12.2 Å². The molecule has 2 atom stereocenters. The van der Waals surface area contributed by atoms with Crippen LogP contribution in [0.3, 0.4) is 0 Å². The molecular weight excluding hydrogens is 418 g/mol. The molecule has 1 aromatic heterocycles. The molecular formula is C26H35N3O4. The summed E-state index contributed by atoms with van der Waals surface area (Å²) in [5.74, 6) is 0.536. The molecule has 2 amide bonds. The largest absolute Gasteiger partial charge is 0.445 e. The number of carbonyl (C=O) groups is 2. The van der Waals surface area contributed by atoms with E-state index in [0.29, 0.717) is 12.4 Å². The Morgan fingerprint density at radius 1 is 1.18 bits per heavy atom. The lowest BCUT2D eigenvalue weighted by atomic mass is 10.0. The third-order valence-corrected chi connectivity index (χ3v) is 5.72. The molecule has 1 fully saturated rings. The van der Waals surface area contributed by atoms with Crippen LogP contribution in [0.1, 0.15) is 71.0 Å². The Bertz CT molecular complexity index is 942. The fourth-order valence-corrected chi connectivity index (χ4v) is 3.95. The summed E-state index contributed by atoms with van der Waals surface area (Å²) >= 11 is 0. The van der Waals surface area contributed by atoms with E-state index in [1.165, 1.54) is 0 Å². The van der Waals surface area contributed by atoms with Gasteiger partial charge in [0.2, 0.25) is 0 Å². The van der Waals surface area contributed by atoms with Crippen molar-refractivity contribution in [2.75, 3.05) is 11.4 Å². The standard InChI is InChI=1S/C26H35N3O4/c1-6-19(2)29(25(31)33-26(3,4)5)23-21(14-10-16-27-23)22-15-11-17-28(22)24(30)32-18-20-12-8-7-9-13-20/h7-10,12-14,16,19,22H,6,11,15,17-18H2,1-5H3. The summed E-state index contributed by atoms with van der Waals surface area (Å²) in [6.45, 7) is 10.4. The van der Waals surface area contributed by atoms with E-state index in [2.05, 4.69) is 4.98 Å². The number of hydrogen-bond donors (Lipinski definition) is 0. The van der Waals surface area contributed by atoms with Crippen molar-refractivity contribution in [3.63, 3.8) is 0 Å². The van der Waals surface area contributed by atoms with Crippen LogP contribution in [-0.4, -0.2) is 40.3 Å². The number of rotatable bonds is 6. The molecule has 7 heteroatoms. The molecule has 0 aliphatic carbocycles. The molecule has 0 bridgehead atoms. The van der Waals surface area contributed by atoms with Crippen LogP contribution in [-0.2, 0) is 16.1 Å². The zero-order valence-electron chi connectivity index (χ0n) is 20.3. The van der Waals surface area contributed by atoms with Crippen LogP contribution in [0.15, 0.2) is 48.7 Å². The van der Waals surface area contributed by atoms with Crippen molar-refractivity contribution >= 4 is 18.0 Å². The number of pyridine rings is 1. The van der Waals surface area contributed by atoms with E-state index in [9.17, 15) is 9.59 Å². The molecule has 33 heavy (non-hydrogen) atoms. The average molecular weight is 454 g/mol. The molecule has 1 aliphatic heterocycles. The molecule has 0 spiro atoms. The Balaban J connectivity index is 1.86. The van der Waals surface area contributed by atoms with Crippen molar-refractivity contribution in [2.24, 2.45) is 0 Å². The van der Waals surface area contributed by atoms with E-state index in [4.69, 9.17) is 9.47 Å². The van der Waals surface area contributed by atoms with Gasteiger partial charge in [-0.25, -0.2) is 14.6 Å². The van der Waals surface area contributed by atoms with Crippen molar-refractivity contribution < 1.29 is 19.1 Å². The number of aromatic nitrogens is 1. The molecule has 0 N–H and O–H groups in total. The quantitative estimate of drug-likeness (QED) is 0.529. The van der Waals surface area contributed by atoms with E-state index in [-0.39, 0.29) is 24.8 Å². The van der Waals surface area contributed by atoms with Crippen LogP contribution in [0.2, 0.25) is 0 Å². The minimum absolute atomic E-state index is 0.117. The van der Waals surface area contributed by atoms with Gasteiger partial charge in [0.05, 0.1) is 6.04 Å². The number of anilines is 1. The molecule has 0 radical (unpaired) electrons. The fourth-order valence-electron chi connectivity index (χ4n) is 3.95. The van der Waals surface area contributed by atoms with Crippen molar-refractivity contribution in [1.29, 1.82) is 0 Å². The second-order valence-corrected chi connectivity index (χ2v) is 9.42. The molecule has 2 aromatic rings. The van der Waals surface area contributed by atoms with Gasteiger partial charge in [-0.2, -0.15) is 0 Å². The third kappa shape index (κ3) is 6.24. The second kappa shape index (κ2) is 10.7. The first kappa shape index (κ1) is 24.6. The van der Waals surface area contributed by atoms with E-state index >= 15 is 0 Å². The predicted molar refractivity (Wildman–Crippen MR) is 128 cm³/mol. The van der Waals surface area contributed by atoms with Crippen molar-refractivity contribution in [2.45, 2.75) is 78.2 Å². The Morgan fingerprint density at radius 3 is 2.58 bits per heavy atom. The highest BCUT2D eigenvalue weighted by Crippen LogP contribution is 2.38. The normalized spacial score (nSPS) is 16.9. The monoisotopic (exact) mass is 453 g/mol. The van der Waals surface area contributed by atoms with Gasteiger partial charge < -0.3 is 14.4 Å². The zero-order chi connectivity index (χ0) is 24.0. The maximum Gasteiger partial charge on any atom is 0.416 e. The molecule has 3 rings (SSSR count). The molecule has 1 saturated heterocycles. The summed E-state index contributed by atoms with van der Waals surface area (Å²) in [6, 6.07) is 13.1. The van der Waals surface area contributed by atoms with Gasteiger partial charge in [-0.15, -0.1) is 0 Å². The maximum absolute atomic E-state index is 13.2. The van der Waals surface area contributed by atoms with Gasteiger partial charge in [0.25, 0.3) is 0 Å². The maximum atomic E-state index is 13.2. The number of carbonyl (C=O) groups excluding carboxylic acids is 2. The lowest BCUT2D eigenvalue weighted by Crippen LogP contribution is -2.43. The lowest BCUT2D eigenvalue weighted by molar-refractivity contribution is 0.0565. The molecule has 2 unspecified atom stereocenters. The topological polar surface area (TPSA) is 72.0 Å². The number of hydrogen-bond acceptors (Lipinski definition) is 5. The first-order valence-corrected chi connectivity index (χ1v) is 11.7. The van der Waals surface area contributed by atoms with E-state index in [1.807, 2.05) is 77.1 Å². The summed E-state index contributed by atoms with van der Waals surface area (Å²) in [7, 11) is 0. The van der Waals surface area contributed by atoms with Crippen molar-refractivity contribution in [1.82, 2.24) is 9.88 Å². The Hall–Kier alpha value is -3.09. The van der Waals surface area contributed by atoms with Crippen LogP contribution in [0.25, 0.3) is 0 Å². The van der Waals surface area contributed by atoms with E-state index < -0.39 is 11.7 Å². The average Bonchev–Trinajstić information content (AvgIpc) is 3.27. The van der Waals surface area contributed by atoms with Crippen molar-refractivity contribution in [3.8, 4) is 0 Å². The summed E-state index contributed by atoms with van der Waals surface area (Å²) in [4.78, 5) is 34.1. The first-order chi connectivity index (χ1) is 15.7. The van der Waals surface area contributed by atoms with Crippen LogP contribution in [0.5, 0.6) is 0 Å². The molecule has 1 aliphatic rings. The Kier molecular flexibility index (Phi) is 7.95.